The van der Waals surface area contributed by atoms with E-state index in [0.29, 0.717) is 30.3 Å². The Labute approximate surface area is 163 Å². The molecule has 0 saturated carbocycles. The van der Waals surface area contributed by atoms with Crippen molar-refractivity contribution in [2.75, 3.05) is 7.11 Å². The average Bonchev–Trinajstić information content (AvgIpc) is 3.21. The number of aryl methyl sites for hydroxylation is 2. The summed E-state index contributed by atoms with van der Waals surface area (Å²) in [5.74, 6) is 1.59. The van der Waals surface area contributed by atoms with E-state index in [9.17, 15) is 4.79 Å². The van der Waals surface area contributed by atoms with E-state index in [1.807, 2.05) is 30.3 Å². The number of carbonyl (C=O) groups excluding carboxylic acids is 1. The minimum absolute atomic E-state index is 0.00116. The van der Waals surface area contributed by atoms with E-state index in [1.54, 1.807) is 7.11 Å². The standard InChI is InChI=1S/C22H23N3O3/c1-27-19-12-5-4-10-17(19)22-24-21(28-25-22)14-13-20(26)23-18-11-6-8-15-7-2-3-9-16(15)18/h2-5,7,9-10,12,18H,6,8,11,13-14H2,1H3,(H,23,26). The van der Waals surface area contributed by atoms with Gasteiger partial charge >= 0.3 is 0 Å². The van der Waals surface area contributed by atoms with Crippen molar-refractivity contribution in [2.24, 2.45) is 0 Å². The molecule has 0 fully saturated rings. The molecule has 1 aliphatic rings. The van der Waals surface area contributed by atoms with Crippen LogP contribution < -0.4 is 10.1 Å². The lowest BCUT2D eigenvalue weighted by Crippen LogP contribution is -2.31. The molecule has 3 aromatic rings. The fourth-order valence-electron chi connectivity index (χ4n) is 3.69. The molecule has 0 bridgehead atoms. The van der Waals surface area contributed by atoms with Crippen LogP contribution in [0.1, 0.15) is 42.3 Å². The Morgan fingerprint density at radius 1 is 1.21 bits per heavy atom. The minimum Gasteiger partial charge on any atom is -0.496 e. The summed E-state index contributed by atoms with van der Waals surface area (Å²) in [6.07, 6.45) is 3.86. The van der Waals surface area contributed by atoms with Gasteiger partial charge in [0.25, 0.3) is 0 Å². The van der Waals surface area contributed by atoms with Crippen molar-refractivity contribution in [1.82, 2.24) is 15.5 Å². The van der Waals surface area contributed by atoms with Gasteiger partial charge in [-0.25, -0.2) is 0 Å². The molecule has 2 aromatic carbocycles. The summed E-state index contributed by atoms with van der Waals surface area (Å²) in [5.41, 5.74) is 3.33. The van der Waals surface area contributed by atoms with Crippen molar-refractivity contribution in [1.29, 1.82) is 0 Å². The number of rotatable bonds is 6. The minimum atomic E-state index is -0.00116. The molecule has 1 amide bonds. The van der Waals surface area contributed by atoms with Crippen LogP contribution in [0.2, 0.25) is 0 Å². The lowest BCUT2D eigenvalue weighted by Gasteiger charge is -2.26. The summed E-state index contributed by atoms with van der Waals surface area (Å²) in [7, 11) is 1.60. The predicted molar refractivity (Wildman–Crippen MR) is 105 cm³/mol. The Balaban J connectivity index is 1.37. The number of nitrogens with zero attached hydrogens (tertiary/aromatic N) is 2. The van der Waals surface area contributed by atoms with Gasteiger partial charge in [-0.3, -0.25) is 4.79 Å². The van der Waals surface area contributed by atoms with E-state index in [4.69, 9.17) is 9.26 Å². The number of methoxy groups -OCH3 is 1. The number of benzene rings is 2. The highest BCUT2D eigenvalue weighted by molar-refractivity contribution is 5.76. The number of carbonyl (C=O) groups is 1. The fourth-order valence-corrected chi connectivity index (χ4v) is 3.69. The summed E-state index contributed by atoms with van der Waals surface area (Å²) in [6.45, 7) is 0. The number of fused-ring (bicyclic) bond motifs is 1. The molecule has 0 saturated heterocycles. The third-order valence-corrected chi connectivity index (χ3v) is 5.09. The van der Waals surface area contributed by atoms with Crippen molar-refractivity contribution in [3.63, 3.8) is 0 Å². The predicted octanol–water partition coefficient (Wildman–Crippen LogP) is 3.87. The van der Waals surface area contributed by atoms with Crippen LogP contribution in [0, 0.1) is 0 Å². The number of nitrogens with one attached hydrogen (secondary N) is 1. The number of hydrogen-bond donors (Lipinski definition) is 1. The van der Waals surface area contributed by atoms with E-state index in [-0.39, 0.29) is 11.9 Å². The number of aromatic nitrogens is 2. The molecular formula is C22H23N3O3. The van der Waals surface area contributed by atoms with Crippen LogP contribution in [0.4, 0.5) is 0 Å². The first-order valence-corrected chi connectivity index (χ1v) is 9.57. The fraction of sp³-hybridized carbons (Fsp3) is 0.318. The lowest BCUT2D eigenvalue weighted by atomic mass is 9.87. The Bertz CT molecular complexity index is 967. The molecule has 144 valence electrons. The zero-order chi connectivity index (χ0) is 19.3. The number of para-hydroxylation sites is 1. The van der Waals surface area contributed by atoms with E-state index >= 15 is 0 Å². The topological polar surface area (TPSA) is 77.2 Å². The lowest BCUT2D eigenvalue weighted by molar-refractivity contribution is -0.122. The molecule has 6 nitrogen and oxygen atoms in total. The van der Waals surface area contributed by atoms with Gasteiger partial charge in [0.2, 0.25) is 17.6 Å². The molecular weight excluding hydrogens is 354 g/mol. The summed E-state index contributed by atoms with van der Waals surface area (Å²) >= 11 is 0. The maximum absolute atomic E-state index is 12.5. The summed E-state index contributed by atoms with van der Waals surface area (Å²) < 4.78 is 10.7. The van der Waals surface area contributed by atoms with Gasteiger partial charge in [0.1, 0.15) is 5.75 Å². The second kappa shape index (κ2) is 8.25. The molecule has 0 radical (unpaired) electrons. The van der Waals surface area contributed by atoms with Gasteiger partial charge in [-0.15, -0.1) is 0 Å². The van der Waals surface area contributed by atoms with Crippen LogP contribution in [0.15, 0.2) is 53.1 Å². The van der Waals surface area contributed by atoms with E-state index < -0.39 is 0 Å². The Hall–Kier alpha value is -3.15. The summed E-state index contributed by atoms with van der Waals surface area (Å²) in [6, 6.07) is 15.9. The zero-order valence-electron chi connectivity index (χ0n) is 15.9. The molecule has 1 atom stereocenters. The quantitative estimate of drug-likeness (QED) is 0.706. The normalized spacial score (nSPS) is 15.7. The number of hydrogen-bond acceptors (Lipinski definition) is 5. The van der Waals surface area contributed by atoms with E-state index in [1.165, 1.54) is 11.1 Å². The molecule has 0 spiro atoms. The first-order valence-electron chi connectivity index (χ1n) is 9.57. The molecule has 1 heterocycles. The van der Waals surface area contributed by atoms with Crippen LogP contribution in [-0.2, 0) is 17.6 Å². The number of ether oxygens (including phenoxy) is 1. The van der Waals surface area contributed by atoms with Crippen molar-refractivity contribution in [3.8, 4) is 17.1 Å². The van der Waals surface area contributed by atoms with Gasteiger partial charge in [0.15, 0.2) is 0 Å². The van der Waals surface area contributed by atoms with Crippen LogP contribution in [0.5, 0.6) is 5.75 Å². The van der Waals surface area contributed by atoms with Crippen LogP contribution in [0.3, 0.4) is 0 Å². The zero-order valence-corrected chi connectivity index (χ0v) is 15.9. The smallest absolute Gasteiger partial charge is 0.227 e. The first kappa shape index (κ1) is 18.2. The highest BCUT2D eigenvalue weighted by atomic mass is 16.5. The van der Waals surface area contributed by atoms with Gasteiger partial charge in [-0.2, -0.15) is 4.98 Å². The molecule has 0 aliphatic heterocycles. The summed E-state index contributed by atoms with van der Waals surface area (Å²) in [5, 5.41) is 7.17. The molecule has 28 heavy (non-hydrogen) atoms. The van der Waals surface area contributed by atoms with Gasteiger partial charge in [-0.05, 0) is 42.5 Å². The van der Waals surface area contributed by atoms with Crippen molar-refractivity contribution in [2.45, 2.75) is 38.1 Å². The van der Waals surface area contributed by atoms with Crippen LogP contribution >= 0.6 is 0 Å². The Morgan fingerprint density at radius 2 is 2.04 bits per heavy atom. The molecule has 1 aliphatic carbocycles. The Kier molecular flexibility index (Phi) is 5.37. The molecule has 1 aromatic heterocycles. The maximum atomic E-state index is 12.5. The highest BCUT2D eigenvalue weighted by Gasteiger charge is 2.21. The summed E-state index contributed by atoms with van der Waals surface area (Å²) in [4.78, 5) is 16.9. The molecule has 6 heteroatoms. The van der Waals surface area contributed by atoms with Gasteiger partial charge in [0.05, 0.1) is 18.7 Å². The van der Waals surface area contributed by atoms with Crippen LogP contribution in [0.25, 0.3) is 11.4 Å². The SMILES string of the molecule is COc1ccccc1-c1noc(CCC(=O)NC2CCCc3ccccc32)n1. The van der Waals surface area contributed by atoms with Gasteiger partial charge < -0.3 is 14.6 Å². The van der Waals surface area contributed by atoms with Crippen LogP contribution in [-0.4, -0.2) is 23.2 Å². The largest absolute Gasteiger partial charge is 0.496 e. The third-order valence-electron chi connectivity index (χ3n) is 5.09. The second-order valence-corrected chi connectivity index (χ2v) is 6.92. The van der Waals surface area contributed by atoms with E-state index in [0.717, 1.165) is 24.8 Å². The molecule has 1 unspecified atom stereocenters. The molecule has 4 rings (SSSR count). The average molecular weight is 377 g/mol. The van der Waals surface area contributed by atoms with Crippen molar-refractivity contribution < 1.29 is 14.1 Å². The van der Waals surface area contributed by atoms with Crippen molar-refractivity contribution >= 4 is 5.91 Å². The number of amides is 1. The highest BCUT2D eigenvalue weighted by Crippen LogP contribution is 2.30. The van der Waals surface area contributed by atoms with Gasteiger partial charge in [-0.1, -0.05) is 41.6 Å². The monoisotopic (exact) mass is 377 g/mol. The van der Waals surface area contributed by atoms with E-state index in [2.05, 4.69) is 33.7 Å². The maximum Gasteiger partial charge on any atom is 0.227 e. The third kappa shape index (κ3) is 3.91. The van der Waals surface area contributed by atoms with Gasteiger partial charge in [0, 0.05) is 12.8 Å². The first-order chi connectivity index (χ1) is 13.7. The second-order valence-electron chi connectivity index (χ2n) is 6.92. The molecule has 1 N–H and O–H groups in total. The Morgan fingerprint density at radius 3 is 2.93 bits per heavy atom. The van der Waals surface area contributed by atoms with Crippen molar-refractivity contribution in [3.05, 3.63) is 65.5 Å².